The first-order valence-electron chi connectivity index (χ1n) is 14.9. The fourth-order valence-electron chi connectivity index (χ4n) is 4.87. The third-order valence-corrected chi connectivity index (χ3v) is 9.97. The number of aryl methyl sites for hydroxylation is 1. The number of benzene rings is 4. The molecule has 0 fully saturated rings. The molecule has 0 spiro atoms. The quantitative estimate of drug-likeness (QED) is 0.143. The monoisotopic (exact) mass is 683 g/mol. The highest BCUT2D eigenvalue weighted by Gasteiger charge is 2.34. The van der Waals surface area contributed by atoms with E-state index in [4.69, 9.17) is 23.2 Å². The van der Waals surface area contributed by atoms with Gasteiger partial charge in [-0.3, -0.25) is 13.9 Å². The summed E-state index contributed by atoms with van der Waals surface area (Å²) in [5, 5.41) is 3.56. The Kier molecular flexibility index (Phi) is 12.2. The van der Waals surface area contributed by atoms with Gasteiger partial charge in [0, 0.05) is 19.5 Å². The van der Waals surface area contributed by atoms with Crippen LogP contribution < -0.4 is 9.62 Å². The molecule has 0 unspecified atom stereocenters. The molecule has 4 aromatic rings. The van der Waals surface area contributed by atoms with Crippen molar-refractivity contribution in [2.45, 2.75) is 50.6 Å². The maximum Gasteiger partial charge on any atom is 0.264 e. The van der Waals surface area contributed by atoms with Crippen molar-refractivity contribution in [1.82, 2.24) is 10.2 Å². The fraction of sp³-hybridized carbons (Fsp3) is 0.257. The number of nitrogens with one attached hydrogen (secondary N) is 1. The van der Waals surface area contributed by atoms with Gasteiger partial charge >= 0.3 is 0 Å². The average Bonchev–Trinajstić information content (AvgIpc) is 3.04. The van der Waals surface area contributed by atoms with Gasteiger partial charge in [0.25, 0.3) is 10.0 Å². The van der Waals surface area contributed by atoms with Gasteiger partial charge in [0.05, 0.1) is 20.6 Å². The van der Waals surface area contributed by atoms with Crippen molar-refractivity contribution in [3.8, 4) is 0 Å². The number of hydrogen-bond donors (Lipinski definition) is 1. The van der Waals surface area contributed by atoms with Crippen LogP contribution in [0.4, 0.5) is 10.1 Å². The largest absolute Gasteiger partial charge is 0.354 e. The van der Waals surface area contributed by atoms with E-state index >= 15 is 0 Å². The van der Waals surface area contributed by atoms with Crippen LogP contribution in [0.15, 0.2) is 102 Å². The van der Waals surface area contributed by atoms with E-state index in [1.807, 2.05) is 44.2 Å². The Morgan fingerprint density at radius 3 is 2.17 bits per heavy atom. The van der Waals surface area contributed by atoms with Crippen LogP contribution in [-0.4, -0.2) is 44.3 Å². The lowest BCUT2D eigenvalue weighted by Gasteiger charge is -2.34. The third-order valence-electron chi connectivity index (χ3n) is 7.44. The highest BCUT2D eigenvalue weighted by molar-refractivity contribution is 7.92. The molecule has 242 valence electrons. The van der Waals surface area contributed by atoms with E-state index < -0.39 is 34.3 Å². The summed E-state index contributed by atoms with van der Waals surface area (Å²) >= 11 is 12.5. The Morgan fingerprint density at radius 2 is 1.54 bits per heavy atom. The van der Waals surface area contributed by atoms with E-state index in [1.54, 1.807) is 42.5 Å². The molecule has 0 bridgehead atoms. The minimum atomic E-state index is -4.34. The molecule has 0 saturated carbocycles. The van der Waals surface area contributed by atoms with E-state index in [2.05, 4.69) is 5.32 Å². The lowest BCUT2D eigenvalue weighted by atomic mass is 10.0. The fourth-order valence-corrected chi connectivity index (χ4v) is 6.60. The van der Waals surface area contributed by atoms with Crippen LogP contribution in [0.2, 0.25) is 10.0 Å². The number of carbonyl (C=O) groups excluding carboxylic acids is 2. The Balaban J connectivity index is 1.80. The van der Waals surface area contributed by atoms with Gasteiger partial charge in [-0.25, -0.2) is 12.8 Å². The van der Waals surface area contributed by atoms with Crippen molar-refractivity contribution < 1.29 is 22.4 Å². The predicted octanol–water partition coefficient (Wildman–Crippen LogP) is 7.19. The van der Waals surface area contributed by atoms with Crippen molar-refractivity contribution >= 4 is 50.7 Å². The molecule has 0 aromatic heterocycles. The first-order chi connectivity index (χ1) is 22.0. The number of sulfonamides is 1. The number of nitrogens with zero attached hydrogens (tertiary/aromatic N) is 2. The van der Waals surface area contributed by atoms with Crippen LogP contribution in [0.25, 0.3) is 0 Å². The second kappa shape index (κ2) is 16.1. The predicted molar refractivity (Wildman–Crippen MR) is 181 cm³/mol. The molecule has 46 heavy (non-hydrogen) atoms. The zero-order valence-electron chi connectivity index (χ0n) is 25.6. The van der Waals surface area contributed by atoms with Gasteiger partial charge < -0.3 is 10.2 Å². The number of unbranched alkanes of at least 4 members (excludes halogenated alkanes) is 1. The van der Waals surface area contributed by atoms with Crippen LogP contribution in [0, 0.1) is 12.7 Å². The molecule has 0 saturated heterocycles. The lowest BCUT2D eigenvalue weighted by Crippen LogP contribution is -2.53. The van der Waals surface area contributed by atoms with E-state index in [0.717, 1.165) is 52.5 Å². The summed E-state index contributed by atoms with van der Waals surface area (Å²) < 4.78 is 42.8. The van der Waals surface area contributed by atoms with Crippen LogP contribution in [0.3, 0.4) is 0 Å². The molecule has 4 rings (SSSR count). The van der Waals surface area contributed by atoms with Gasteiger partial charge in [-0.2, -0.15) is 0 Å². The number of rotatable bonds is 14. The van der Waals surface area contributed by atoms with Gasteiger partial charge in [0.15, 0.2) is 0 Å². The molecule has 7 nitrogen and oxygen atoms in total. The zero-order valence-corrected chi connectivity index (χ0v) is 28.0. The van der Waals surface area contributed by atoms with Gasteiger partial charge in [-0.05, 0) is 73.0 Å². The minimum absolute atomic E-state index is 0.0489. The normalized spacial score (nSPS) is 11.9. The summed E-state index contributed by atoms with van der Waals surface area (Å²) in [5.41, 5.74) is 2.55. The van der Waals surface area contributed by atoms with Gasteiger partial charge in [0.1, 0.15) is 18.4 Å². The summed E-state index contributed by atoms with van der Waals surface area (Å²) in [7, 11) is -4.34. The van der Waals surface area contributed by atoms with Gasteiger partial charge in [0.2, 0.25) is 11.8 Å². The molecular formula is C35H36Cl2FN3O4S. The maximum atomic E-state index is 14.5. The number of halogens is 3. The summed E-state index contributed by atoms with van der Waals surface area (Å²) in [4.78, 5) is 29.5. The molecule has 0 aliphatic rings. The Hall–Kier alpha value is -3.92. The summed E-state index contributed by atoms with van der Waals surface area (Å²) in [6.07, 6.45) is 1.80. The van der Waals surface area contributed by atoms with Crippen LogP contribution in [0.5, 0.6) is 0 Å². The topological polar surface area (TPSA) is 86.8 Å². The molecule has 0 heterocycles. The molecular weight excluding hydrogens is 648 g/mol. The number of carbonyl (C=O) groups is 2. The van der Waals surface area contributed by atoms with E-state index in [1.165, 1.54) is 4.90 Å². The van der Waals surface area contributed by atoms with Crippen molar-refractivity contribution in [1.29, 1.82) is 0 Å². The van der Waals surface area contributed by atoms with Crippen molar-refractivity contribution in [3.05, 3.63) is 130 Å². The van der Waals surface area contributed by atoms with Crippen LogP contribution in [0.1, 0.15) is 36.5 Å². The van der Waals surface area contributed by atoms with E-state index in [-0.39, 0.29) is 34.5 Å². The average molecular weight is 685 g/mol. The molecule has 11 heteroatoms. The number of hydrogen-bond acceptors (Lipinski definition) is 4. The number of anilines is 1. The Bertz CT molecular complexity index is 1740. The molecule has 0 aliphatic carbocycles. The van der Waals surface area contributed by atoms with Gasteiger partial charge in [-0.15, -0.1) is 0 Å². The molecule has 2 amide bonds. The molecule has 1 N–H and O–H groups in total. The smallest absolute Gasteiger partial charge is 0.264 e. The van der Waals surface area contributed by atoms with Crippen LogP contribution >= 0.6 is 23.2 Å². The van der Waals surface area contributed by atoms with Crippen molar-refractivity contribution in [2.24, 2.45) is 0 Å². The SMILES string of the molecule is CCCCNC(=O)[C@@H](Cc1ccccc1)N(Cc1ccc(Cl)c(Cl)c1)C(=O)CN(c1ccc(C)cc1)S(=O)(=O)c1ccc(F)cc1. The second-order valence-electron chi connectivity index (χ2n) is 10.9. The maximum absolute atomic E-state index is 14.5. The molecule has 1 atom stereocenters. The Morgan fingerprint density at radius 1 is 0.870 bits per heavy atom. The highest BCUT2D eigenvalue weighted by atomic mass is 35.5. The minimum Gasteiger partial charge on any atom is -0.354 e. The third kappa shape index (κ3) is 9.09. The Labute approximate surface area is 280 Å². The molecule has 0 aliphatic heterocycles. The van der Waals surface area contributed by atoms with Gasteiger partial charge in [-0.1, -0.05) is 90.6 Å². The van der Waals surface area contributed by atoms with Crippen molar-refractivity contribution in [2.75, 3.05) is 17.4 Å². The first-order valence-corrected chi connectivity index (χ1v) is 17.1. The highest BCUT2D eigenvalue weighted by Crippen LogP contribution is 2.27. The van der Waals surface area contributed by atoms with Crippen molar-refractivity contribution in [3.63, 3.8) is 0 Å². The summed E-state index contributed by atoms with van der Waals surface area (Å²) in [6.45, 7) is 3.61. The van der Waals surface area contributed by atoms with E-state index in [0.29, 0.717) is 17.1 Å². The summed E-state index contributed by atoms with van der Waals surface area (Å²) in [6, 6.07) is 24.3. The second-order valence-corrected chi connectivity index (χ2v) is 13.6. The molecule has 0 radical (unpaired) electrons. The lowest BCUT2D eigenvalue weighted by molar-refractivity contribution is -0.140. The standard InChI is InChI=1S/C35H36Cl2FN3O4S/c1-3-4-20-39-35(43)33(22-26-8-6-5-7-9-26)40(23-27-12-19-31(36)32(37)21-27)34(42)24-41(29-15-10-25(2)11-16-29)46(44,45)30-17-13-28(38)14-18-30/h5-19,21,33H,3-4,20,22-24H2,1-2H3,(H,39,43)/t33-/m1/s1. The zero-order chi connectivity index (χ0) is 33.3. The summed E-state index contributed by atoms with van der Waals surface area (Å²) in [5.74, 6) is -1.58. The first kappa shape index (κ1) is 34.9. The molecule has 4 aromatic carbocycles. The number of amides is 2. The van der Waals surface area contributed by atoms with Crippen LogP contribution in [-0.2, 0) is 32.6 Å². The van der Waals surface area contributed by atoms with E-state index in [9.17, 15) is 22.4 Å².